The van der Waals surface area contributed by atoms with Crippen LogP contribution in [0.3, 0.4) is 0 Å². The molecule has 1 aromatic heterocycles. The van der Waals surface area contributed by atoms with Crippen molar-refractivity contribution in [3.05, 3.63) is 40.4 Å². The molecule has 136 valence electrons. The second-order valence-corrected chi connectivity index (χ2v) is 6.92. The van der Waals surface area contributed by atoms with Crippen molar-refractivity contribution in [2.45, 2.75) is 0 Å². The van der Waals surface area contributed by atoms with E-state index in [9.17, 15) is 5.11 Å². The molecule has 0 amide bonds. The molecular formula is C18H20N4O3S. The first-order valence-corrected chi connectivity index (χ1v) is 9.27. The summed E-state index contributed by atoms with van der Waals surface area (Å²) in [5.41, 5.74) is 2.31. The molecule has 0 saturated carbocycles. The maximum atomic E-state index is 10.5. The van der Waals surface area contributed by atoms with E-state index in [1.165, 1.54) is 11.3 Å². The second kappa shape index (κ2) is 7.06. The van der Waals surface area contributed by atoms with Crippen LogP contribution in [0.4, 0.5) is 0 Å². The lowest BCUT2D eigenvalue weighted by atomic mass is 10.1. The topological polar surface area (TPSA) is 81.9 Å². The van der Waals surface area contributed by atoms with E-state index >= 15 is 0 Å². The number of nitrogens with one attached hydrogen (secondary N) is 1. The van der Waals surface area contributed by atoms with Gasteiger partial charge in [0.05, 0.1) is 38.1 Å². The molecule has 0 radical (unpaired) electrons. The Morgan fingerprint density at radius 2 is 1.96 bits per heavy atom. The van der Waals surface area contributed by atoms with Gasteiger partial charge in [-0.3, -0.25) is 10.4 Å². The number of rotatable bonds is 4. The summed E-state index contributed by atoms with van der Waals surface area (Å²) in [6, 6.07) is 7.68. The van der Waals surface area contributed by atoms with Crippen molar-refractivity contribution < 1.29 is 14.6 Å². The Balaban J connectivity index is 1.56. The number of hydrogen-bond donors (Lipinski definition) is 2. The zero-order valence-electron chi connectivity index (χ0n) is 14.4. The zero-order valence-corrected chi connectivity index (χ0v) is 15.3. The molecule has 2 aromatic rings. The quantitative estimate of drug-likeness (QED) is 0.859. The summed E-state index contributed by atoms with van der Waals surface area (Å²) in [5, 5.41) is 25.4. The minimum atomic E-state index is 0.192. The van der Waals surface area contributed by atoms with Crippen molar-refractivity contribution in [2.75, 3.05) is 40.0 Å². The number of morpholine rings is 1. The van der Waals surface area contributed by atoms with E-state index in [-0.39, 0.29) is 5.76 Å². The highest BCUT2D eigenvalue weighted by molar-refractivity contribution is 7.11. The Morgan fingerprint density at radius 1 is 1.23 bits per heavy atom. The first-order chi connectivity index (χ1) is 12.7. The van der Waals surface area contributed by atoms with Crippen LogP contribution in [-0.2, 0) is 4.74 Å². The van der Waals surface area contributed by atoms with Crippen molar-refractivity contribution in [3.8, 4) is 17.0 Å². The van der Waals surface area contributed by atoms with Crippen LogP contribution in [0.15, 0.2) is 35.4 Å². The molecule has 4 rings (SSSR count). The number of aromatic nitrogens is 1. The number of amidine groups is 1. The first kappa shape index (κ1) is 17.0. The summed E-state index contributed by atoms with van der Waals surface area (Å²) in [7, 11) is 1.64. The van der Waals surface area contributed by atoms with Gasteiger partial charge in [-0.1, -0.05) is 0 Å². The molecule has 8 heteroatoms. The van der Waals surface area contributed by atoms with Gasteiger partial charge < -0.3 is 14.6 Å². The third kappa shape index (κ3) is 3.07. The number of hydrogen-bond acceptors (Lipinski definition) is 7. The maximum Gasteiger partial charge on any atom is 0.149 e. The molecule has 0 aliphatic carbocycles. The van der Waals surface area contributed by atoms with E-state index in [1.54, 1.807) is 7.11 Å². The number of nitrogens with zero attached hydrogens (tertiary/aromatic N) is 3. The molecule has 1 aromatic carbocycles. The van der Waals surface area contributed by atoms with Crippen LogP contribution >= 0.6 is 11.3 Å². The molecule has 2 N–H and O–H groups in total. The highest BCUT2D eigenvalue weighted by Gasteiger charge is 2.34. The fourth-order valence-corrected chi connectivity index (χ4v) is 4.01. The normalized spacial score (nSPS) is 18.7. The number of thiazole rings is 1. The Kier molecular flexibility index (Phi) is 4.62. The number of aliphatic hydroxyl groups excluding tert-OH is 1. The molecule has 3 heterocycles. The summed E-state index contributed by atoms with van der Waals surface area (Å²) in [4.78, 5) is 4.65. The molecule has 26 heavy (non-hydrogen) atoms. The van der Waals surface area contributed by atoms with Crippen molar-refractivity contribution in [2.24, 2.45) is 0 Å². The molecule has 1 fully saturated rings. The highest BCUT2D eigenvalue weighted by Crippen LogP contribution is 2.33. The van der Waals surface area contributed by atoms with Gasteiger partial charge in [-0.2, -0.15) is 0 Å². The largest absolute Gasteiger partial charge is 0.509 e. The summed E-state index contributed by atoms with van der Waals surface area (Å²) in [6.45, 7) is 3.03. The predicted molar refractivity (Wildman–Crippen MR) is 100 cm³/mol. The standard InChI is InChI=1S/C18H20N4O3S/c1-24-13-4-2-12(3-5-13)14-11-26-18(20-14)16-15(23)10-22(17(16)19)21-6-8-25-9-7-21/h2-5,11,19,23H,6-10H2,1H3. The Hall–Kier alpha value is -2.42. The van der Waals surface area contributed by atoms with Crippen LogP contribution in [0.1, 0.15) is 5.01 Å². The molecule has 1 saturated heterocycles. The van der Waals surface area contributed by atoms with Crippen LogP contribution in [0.2, 0.25) is 0 Å². The number of methoxy groups -OCH3 is 1. The fourth-order valence-electron chi connectivity index (χ4n) is 3.11. The molecule has 0 bridgehead atoms. The summed E-state index contributed by atoms with van der Waals surface area (Å²) in [5.74, 6) is 1.28. The lowest BCUT2D eigenvalue weighted by molar-refractivity contribution is -0.0465. The Morgan fingerprint density at radius 3 is 2.65 bits per heavy atom. The Bertz CT molecular complexity index is 840. The Labute approximate surface area is 155 Å². The van der Waals surface area contributed by atoms with E-state index in [2.05, 4.69) is 4.98 Å². The van der Waals surface area contributed by atoms with Crippen LogP contribution in [-0.4, -0.2) is 65.9 Å². The third-order valence-electron chi connectivity index (χ3n) is 4.52. The predicted octanol–water partition coefficient (Wildman–Crippen LogP) is 2.63. The molecule has 2 aliphatic heterocycles. The van der Waals surface area contributed by atoms with Crippen LogP contribution < -0.4 is 4.74 Å². The number of hydrazine groups is 1. The molecular weight excluding hydrogens is 352 g/mol. The minimum Gasteiger partial charge on any atom is -0.509 e. The SMILES string of the molecule is COc1ccc(-c2csc(C3=C(O)CN(N4CCOCC4)C3=N)n2)cc1. The fraction of sp³-hybridized carbons (Fsp3) is 0.333. The smallest absolute Gasteiger partial charge is 0.149 e. The molecule has 7 nitrogen and oxygen atoms in total. The monoisotopic (exact) mass is 372 g/mol. The minimum absolute atomic E-state index is 0.192. The van der Waals surface area contributed by atoms with Gasteiger partial charge in [-0.25, -0.2) is 9.99 Å². The second-order valence-electron chi connectivity index (χ2n) is 6.06. The highest BCUT2D eigenvalue weighted by atomic mass is 32.1. The number of benzene rings is 1. The van der Waals surface area contributed by atoms with Crippen molar-refractivity contribution in [1.29, 1.82) is 5.41 Å². The summed E-state index contributed by atoms with van der Waals surface area (Å²) >= 11 is 1.44. The van der Waals surface area contributed by atoms with Crippen molar-refractivity contribution in [1.82, 2.24) is 15.0 Å². The lowest BCUT2D eigenvalue weighted by Crippen LogP contribution is -2.49. The van der Waals surface area contributed by atoms with Gasteiger partial charge in [0.2, 0.25) is 0 Å². The van der Waals surface area contributed by atoms with Crippen LogP contribution in [0.5, 0.6) is 5.75 Å². The number of ether oxygens (including phenoxy) is 2. The average Bonchev–Trinajstić information content (AvgIpc) is 3.27. The van der Waals surface area contributed by atoms with Gasteiger partial charge in [0.1, 0.15) is 22.4 Å². The third-order valence-corrected chi connectivity index (χ3v) is 5.38. The maximum absolute atomic E-state index is 10.5. The van der Waals surface area contributed by atoms with E-state index in [1.807, 2.05) is 39.7 Å². The van der Waals surface area contributed by atoms with Gasteiger partial charge in [0.25, 0.3) is 0 Å². The summed E-state index contributed by atoms with van der Waals surface area (Å²) in [6.07, 6.45) is 0. The van der Waals surface area contributed by atoms with E-state index < -0.39 is 0 Å². The van der Waals surface area contributed by atoms with Gasteiger partial charge >= 0.3 is 0 Å². The van der Waals surface area contributed by atoms with Crippen LogP contribution in [0.25, 0.3) is 16.8 Å². The zero-order chi connectivity index (χ0) is 18.1. The van der Waals surface area contributed by atoms with Gasteiger partial charge in [-0.15, -0.1) is 11.3 Å². The number of aliphatic hydroxyl groups is 1. The summed E-state index contributed by atoms with van der Waals surface area (Å²) < 4.78 is 10.6. The van der Waals surface area contributed by atoms with Crippen LogP contribution in [0, 0.1) is 5.41 Å². The van der Waals surface area contributed by atoms with E-state index in [4.69, 9.17) is 14.9 Å². The van der Waals surface area contributed by atoms with E-state index in [0.29, 0.717) is 36.2 Å². The molecule has 0 spiro atoms. The van der Waals surface area contributed by atoms with Gasteiger partial charge in [0.15, 0.2) is 0 Å². The molecule has 0 atom stereocenters. The van der Waals surface area contributed by atoms with Crippen molar-refractivity contribution in [3.63, 3.8) is 0 Å². The average molecular weight is 372 g/mol. The van der Waals surface area contributed by atoms with Gasteiger partial charge in [-0.05, 0) is 24.3 Å². The van der Waals surface area contributed by atoms with E-state index in [0.717, 1.165) is 30.1 Å². The van der Waals surface area contributed by atoms with Crippen molar-refractivity contribution >= 4 is 22.7 Å². The first-order valence-electron chi connectivity index (χ1n) is 8.39. The molecule has 0 unspecified atom stereocenters. The molecule has 2 aliphatic rings. The van der Waals surface area contributed by atoms with Gasteiger partial charge in [0, 0.05) is 24.0 Å². The lowest BCUT2D eigenvalue weighted by Gasteiger charge is -2.35.